The number of amides is 2. The number of hydrogen-bond donors (Lipinski definition) is 3. The number of pyridine rings is 1. The van der Waals surface area contributed by atoms with Crippen molar-refractivity contribution in [1.82, 2.24) is 4.98 Å². The van der Waals surface area contributed by atoms with Crippen molar-refractivity contribution in [2.75, 3.05) is 23.8 Å². The van der Waals surface area contributed by atoms with Gasteiger partial charge in [0.1, 0.15) is 17.2 Å². The number of nitrogens with zero attached hydrogens (tertiary/aromatic N) is 1. The molecule has 4 N–H and O–H groups in total. The molecule has 0 spiro atoms. The minimum Gasteiger partial charge on any atom is -0.494 e. The Morgan fingerprint density at radius 2 is 1.75 bits per heavy atom. The molecule has 1 aromatic heterocycles. The smallest absolute Gasteiger partial charge is 0.323 e. The second-order valence-corrected chi connectivity index (χ2v) is 8.30. The van der Waals surface area contributed by atoms with Crippen LogP contribution >= 0.6 is 0 Å². The quantitative estimate of drug-likeness (QED) is 0.404. The Morgan fingerprint density at radius 3 is 2.47 bits per heavy atom. The average molecular weight is 435 g/mol. The zero-order chi connectivity index (χ0) is 23.0. The lowest BCUT2D eigenvalue weighted by molar-refractivity contribution is 0.262. The van der Waals surface area contributed by atoms with Gasteiger partial charge in [-0.2, -0.15) is 0 Å². The highest BCUT2D eigenvalue weighted by Gasteiger charge is 2.20. The van der Waals surface area contributed by atoms with E-state index in [9.17, 15) is 4.79 Å². The minimum absolute atomic E-state index is 0.101. The summed E-state index contributed by atoms with van der Waals surface area (Å²) in [6, 6.07) is 18.1. The number of nitrogens with two attached hydrogens (primary N) is 1. The third kappa shape index (κ3) is 6.46. The molecular weight excluding hydrogens is 404 g/mol. The van der Waals surface area contributed by atoms with E-state index < -0.39 is 6.03 Å². The van der Waals surface area contributed by atoms with Gasteiger partial charge in [-0.1, -0.05) is 39.0 Å². The van der Waals surface area contributed by atoms with Gasteiger partial charge in [0, 0.05) is 17.4 Å². The van der Waals surface area contributed by atoms with Gasteiger partial charge in [-0.25, -0.2) is 9.78 Å². The normalized spacial score (nSPS) is 11.0. The lowest BCUT2D eigenvalue weighted by Crippen LogP contribution is -2.20. The number of rotatable bonds is 8. The summed E-state index contributed by atoms with van der Waals surface area (Å²) < 4.78 is 11.7. The molecule has 7 nitrogen and oxygen atoms in total. The maximum absolute atomic E-state index is 12.6. The number of ether oxygens (including phenoxy) is 2. The van der Waals surface area contributed by atoms with Crippen LogP contribution in [0.15, 0.2) is 66.9 Å². The highest BCUT2D eigenvalue weighted by atomic mass is 16.5. The number of urea groups is 1. The number of carbonyl (C=O) groups is 1. The molecule has 168 valence electrons. The Bertz CT molecular complexity index is 1030. The van der Waals surface area contributed by atoms with E-state index in [0.717, 1.165) is 17.7 Å². The van der Waals surface area contributed by atoms with E-state index in [-0.39, 0.29) is 5.41 Å². The molecule has 32 heavy (non-hydrogen) atoms. The van der Waals surface area contributed by atoms with Gasteiger partial charge in [0.05, 0.1) is 6.61 Å². The SMILES string of the molecule is CC(C)(C)c1ccccc1Oc1ncccc1NC(=O)Nc1ccc(OCCCN)cc1. The first-order valence-electron chi connectivity index (χ1n) is 10.6. The van der Waals surface area contributed by atoms with Crippen LogP contribution in [0.4, 0.5) is 16.2 Å². The van der Waals surface area contributed by atoms with E-state index in [1.807, 2.05) is 24.3 Å². The van der Waals surface area contributed by atoms with Gasteiger partial charge in [0.2, 0.25) is 5.88 Å². The number of anilines is 2. The summed E-state index contributed by atoms with van der Waals surface area (Å²) in [5.41, 5.74) is 7.52. The first-order chi connectivity index (χ1) is 15.4. The second kappa shape index (κ2) is 10.6. The zero-order valence-corrected chi connectivity index (χ0v) is 18.7. The second-order valence-electron chi connectivity index (χ2n) is 8.30. The molecule has 0 radical (unpaired) electrons. The molecule has 0 saturated heterocycles. The summed E-state index contributed by atoms with van der Waals surface area (Å²) in [5.74, 6) is 1.75. The summed E-state index contributed by atoms with van der Waals surface area (Å²) in [4.78, 5) is 16.9. The molecule has 0 atom stereocenters. The molecule has 0 aliphatic carbocycles. The molecule has 7 heteroatoms. The predicted octanol–water partition coefficient (Wildman–Crippen LogP) is 5.54. The van der Waals surface area contributed by atoms with Crippen LogP contribution in [0.1, 0.15) is 32.8 Å². The van der Waals surface area contributed by atoms with Crippen molar-refractivity contribution in [3.63, 3.8) is 0 Å². The van der Waals surface area contributed by atoms with Gasteiger partial charge in [-0.05, 0) is 60.8 Å². The summed E-state index contributed by atoms with van der Waals surface area (Å²) >= 11 is 0. The fourth-order valence-corrected chi connectivity index (χ4v) is 3.04. The van der Waals surface area contributed by atoms with E-state index >= 15 is 0 Å². The van der Waals surface area contributed by atoms with E-state index in [1.165, 1.54) is 0 Å². The summed E-state index contributed by atoms with van der Waals surface area (Å²) in [6.07, 6.45) is 2.42. The maximum atomic E-state index is 12.6. The fourth-order valence-electron chi connectivity index (χ4n) is 3.04. The predicted molar refractivity (Wildman–Crippen MR) is 128 cm³/mol. The highest BCUT2D eigenvalue weighted by Crippen LogP contribution is 2.35. The van der Waals surface area contributed by atoms with Crippen molar-refractivity contribution < 1.29 is 14.3 Å². The van der Waals surface area contributed by atoms with Gasteiger partial charge < -0.3 is 25.8 Å². The van der Waals surface area contributed by atoms with Crippen molar-refractivity contribution in [1.29, 1.82) is 0 Å². The lowest BCUT2D eigenvalue weighted by Gasteiger charge is -2.22. The molecule has 3 aromatic rings. The average Bonchev–Trinajstić information content (AvgIpc) is 2.76. The largest absolute Gasteiger partial charge is 0.494 e. The zero-order valence-electron chi connectivity index (χ0n) is 18.7. The van der Waals surface area contributed by atoms with Crippen molar-refractivity contribution >= 4 is 17.4 Å². The monoisotopic (exact) mass is 434 g/mol. The third-order valence-corrected chi connectivity index (χ3v) is 4.65. The van der Waals surface area contributed by atoms with Crippen molar-refractivity contribution in [3.05, 3.63) is 72.4 Å². The van der Waals surface area contributed by atoms with Crippen LogP contribution in [0.2, 0.25) is 0 Å². The van der Waals surface area contributed by atoms with E-state index in [0.29, 0.717) is 36.2 Å². The van der Waals surface area contributed by atoms with Gasteiger partial charge in [-0.3, -0.25) is 0 Å². The highest BCUT2D eigenvalue weighted by molar-refractivity contribution is 6.00. The van der Waals surface area contributed by atoms with Gasteiger partial charge in [-0.15, -0.1) is 0 Å². The van der Waals surface area contributed by atoms with Crippen LogP contribution < -0.4 is 25.8 Å². The number of hydrogen-bond acceptors (Lipinski definition) is 5. The summed E-state index contributed by atoms with van der Waals surface area (Å²) in [7, 11) is 0. The maximum Gasteiger partial charge on any atom is 0.323 e. The molecule has 0 unspecified atom stereocenters. The summed E-state index contributed by atoms with van der Waals surface area (Å²) in [5, 5.41) is 5.61. The van der Waals surface area contributed by atoms with Gasteiger partial charge in [0.25, 0.3) is 0 Å². The number of benzene rings is 2. The Labute approximate surface area is 189 Å². The van der Waals surface area contributed by atoms with Crippen molar-refractivity contribution in [2.24, 2.45) is 5.73 Å². The molecule has 2 amide bonds. The topological polar surface area (TPSA) is 98.5 Å². The van der Waals surface area contributed by atoms with Gasteiger partial charge in [0.15, 0.2) is 0 Å². The Balaban J connectivity index is 1.67. The number of para-hydroxylation sites is 1. The van der Waals surface area contributed by atoms with Crippen LogP contribution in [0.25, 0.3) is 0 Å². The molecule has 2 aromatic carbocycles. The molecule has 1 heterocycles. The van der Waals surface area contributed by atoms with Crippen LogP contribution in [0, 0.1) is 0 Å². The van der Waals surface area contributed by atoms with Crippen LogP contribution in [0.3, 0.4) is 0 Å². The van der Waals surface area contributed by atoms with Crippen LogP contribution in [0.5, 0.6) is 17.4 Å². The minimum atomic E-state index is -0.399. The first-order valence-corrected chi connectivity index (χ1v) is 10.6. The van der Waals surface area contributed by atoms with E-state index in [4.69, 9.17) is 15.2 Å². The molecule has 3 rings (SSSR count). The molecule has 0 aliphatic rings. The molecule has 0 bridgehead atoms. The van der Waals surface area contributed by atoms with Gasteiger partial charge >= 0.3 is 6.03 Å². The Kier molecular flexibility index (Phi) is 7.68. The molecule has 0 saturated carbocycles. The number of aromatic nitrogens is 1. The Hall–Kier alpha value is -3.58. The lowest BCUT2D eigenvalue weighted by atomic mass is 9.86. The first kappa shape index (κ1) is 23.1. The fraction of sp³-hybridized carbons (Fsp3) is 0.280. The molecular formula is C25H30N4O3. The number of nitrogens with one attached hydrogen (secondary N) is 2. The van der Waals surface area contributed by atoms with E-state index in [1.54, 1.807) is 42.6 Å². The Morgan fingerprint density at radius 1 is 1.00 bits per heavy atom. The van der Waals surface area contributed by atoms with Crippen LogP contribution in [-0.4, -0.2) is 24.2 Å². The van der Waals surface area contributed by atoms with E-state index in [2.05, 4.69) is 36.4 Å². The standard InChI is InChI=1S/C25H30N4O3/c1-25(2,3)20-8-4-5-10-22(20)32-23-21(9-6-16-27-23)29-24(30)28-18-11-13-19(14-12-18)31-17-7-15-26/h4-6,8-14,16H,7,15,17,26H2,1-3H3,(H2,28,29,30). The molecule has 0 aliphatic heterocycles. The molecule has 0 fully saturated rings. The summed E-state index contributed by atoms with van der Waals surface area (Å²) in [6.45, 7) is 7.51. The van der Waals surface area contributed by atoms with Crippen LogP contribution in [-0.2, 0) is 5.41 Å². The van der Waals surface area contributed by atoms with Crippen molar-refractivity contribution in [2.45, 2.75) is 32.6 Å². The van der Waals surface area contributed by atoms with Crippen molar-refractivity contribution in [3.8, 4) is 17.4 Å². The number of carbonyl (C=O) groups excluding carboxylic acids is 1. The third-order valence-electron chi connectivity index (χ3n) is 4.65.